The molecule has 104 valence electrons. The lowest BCUT2D eigenvalue weighted by atomic mass is 10.2. The van der Waals surface area contributed by atoms with Crippen molar-refractivity contribution in [3.05, 3.63) is 24.3 Å². The first kappa shape index (κ1) is 13.7. The number of hydrogen-bond acceptors (Lipinski definition) is 4. The number of anilines is 1. The molecule has 0 spiro atoms. The van der Waals surface area contributed by atoms with E-state index in [4.69, 9.17) is 9.47 Å². The summed E-state index contributed by atoms with van der Waals surface area (Å²) >= 11 is 0. The van der Waals surface area contributed by atoms with E-state index in [1.165, 1.54) is 0 Å². The van der Waals surface area contributed by atoms with E-state index in [0.29, 0.717) is 19.8 Å². The van der Waals surface area contributed by atoms with Crippen LogP contribution in [0.2, 0.25) is 0 Å². The highest BCUT2D eigenvalue weighted by molar-refractivity contribution is 5.77. The highest BCUT2D eigenvalue weighted by Crippen LogP contribution is 2.30. The van der Waals surface area contributed by atoms with Crippen LogP contribution >= 0.6 is 0 Å². The highest BCUT2D eigenvalue weighted by atomic mass is 16.5. The van der Waals surface area contributed by atoms with Crippen molar-refractivity contribution in [2.45, 2.75) is 26.2 Å². The topological polar surface area (TPSA) is 38.8 Å². The van der Waals surface area contributed by atoms with Crippen molar-refractivity contribution in [3.8, 4) is 5.75 Å². The van der Waals surface area contributed by atoms with Crippen LogP contribution in [0.4, 0.5) is 5.69 Å². The summed E-state index contributed by atoms with van der Waals surface area (Å²) in [6.07, 6.45) is 2.87. The lowest BCUT2D eigenvalue weighted by Crippen LogP contribution is -2.31. The van der Waals surface area contributed by atoms with Gasteiger partial charge in [0, 0.05) is 6.54 Å². The van der Waals surface area contributed by atoms with Gasteiger partial charge in [0.2, 0.25) is 0 Å². The van der Waals surface area contributed by atoms with Crippen LogP contribution in [0.5, 0.6) is 5.75 Å². The summed E-state index contributed by atoms with van der Waals surface area (Å²) in [5.74, 6) is 0.687. The second-order valence-corrected chi connectivity index (χ2v) is 4.67. The summed E-state index contributed by atoms with van der Waals surface area (Å²) in [4.78, 5) is 13.8. The molecule has 0 saturated carbocycles. The first-order valence-electron chi connectivity index (χ1n) is 6.93. The molecule has 1 aromatic carbocycles. The second-order valence-electron chi connectivity index (χ2n) is 4.67. The number of rotatable bonds is 5. The molecule has 2 rings (SSSR count). The third kappa shape index (κ3) is 3.88. The van der Waals surface area contributed by atoms with Gasteiger partial charge in [-0.15, -0.1) is 0 Å². The number of fused-ring (bicyclic) bond motifs is 1. The average Bonchev–Trinajstić information content (AvgIpc) is 2.62. The van der Waals surface area contributed by atoms with Crippen LogP contribution in [0.1, 0.15) is 26.2 Å². The van der Waals surface area contributed by atoms with Crippen molar-refractivity contribution in [1.82, 2.24) is 0 Å². The van der Waals surface area contributed by atoms with Crippen molar-refractivity contribution < 1.29 is 14.3 Å². The minimum absolute atomic E-state index is 0.162. The Hall–Kier alpha value is -1.71. The average molecular weight is 263 g/mol. The minimum atomic E-state index is -0.162. The van der Waals surface area contributed by atoms with Gasteiger partial charge in [0.05, 0.1) is 18.9 Å². The molecule has 0 amide bonds. The predicted octanol–water partition coefficient (Wildman–Crippen LogP) is 2.62. The molecule has 4 nitrogen and oxygen atoms in total. The van der Waals surface area contributed by atoms with Crippen LogP contribution in [0.3, 0.4) is 0 Å². The van der Waals surface area contributed by atoms with Gasteiger partial charge in [0.25, 0.3) is 0 Å². The number of para-hydroxylation sites is 2. The molecule has 0 N–H and O–H groups in total. The number of carbonyl (C=O) groups excluding carboxylic acids is 1. The molecule has 1 aliphatic rings. The van der Waals surface area contributed by atoms with Crippen LogP contribution in [0.15, 0.2) is 24.3 Å². The Morgan fingerprint density at radius 3 is 3.11 bits per heavy atom. The van der Waals surface area contributed by atoms with E-state index in [1.807, 2.05) is 29.2 Å². The number of benzene rings is 1. The maximum Gasteiger partial charge on any atom is 0.325 e. The number of hydrogen-bond donors (Lipinski definition) is 0. The lowest BCUT2D eigenvalue weighted by molar-refractivity contribution is -0.142. The lowest BCUT2D eigenvalue weighted by Gasteiger charge is -2.22. The molecule has 0 unspecified atom stereocenters. The van der Waals surface area contributed by atoms with E-state index in [-0.39, 0.29) is 5.97 Å². The molecule has 19 heavy (non-hydrogen) atoms. The normalized spacial score (nSPS) is 14.3. The third-order valence-electron chi connectivity index (χ3n) is 3.12. The van der Waals surface area contributed by atoms with Crippen LogP contribution in [0.25, 0.3) is 0 Å². The molecule has 4 heteroatoms. The Morgan fingerprint density at radius 1 is 1.42 bits per heavy atom. The van der Waals surface area contributed by atoms with Crippen molar-refractivity contribution in [1.29, 1.82) is 0 Å². The largest absolute Gasteiger partial charge is 0.491 e. The summed E-state index contributed by atoms with van der Waals surface area (Å²) in [5.41, 5.74) is 0.979. The molecule has 0 atom stereocenters. The van der Waals surface area contributed by atoms with Gasteiger partial charge < -0.3 is 14.4 Å². The van der Waals surface area contributed by atoms with Crippen molar-refractivity contribution in [2.75, 3.05) is 31.2 Å². The Labute approximate surface area is 114 Å². The fourth-order valence-corrected chi connectivity index (χ4v) is 2.09. The second kappa shape index (κ2) is 7.02. The maximum atomic E-state index is 11.8. The summed E-state index contributed by atoms with van der Waals surface area (Å²) in [5, 5.41) is 0. The SMILES string of the molecule is CCCCOC(=O)CN1CCCOc2ccccc21. The Morgan fingerprint density at radius 2 is 2.26 bits per heavy atom. The molecule has 0 fully saturated rings. The fraction of sp³-hybridized carbons (Fsp3) is 0.533. The van der Waals surface area contributed by atoms with Crippen molar-refractivity contribution >= 4 is 11.7 Å². The van der Waals surface area contributed by atoms with Crippen LogP contribution in [0, 0.1) is 0 Å². The van der Waals surface area contributed by atoms with Gasteiger partial charge in [-0.2, -0.15) is 0 Å². The summed E-state index contributed by atoms with van der Waals surface area (Å²) < 4.78 is 10.9. The number of esters is 1. The van der Waals surface area contributed by atoms with Gasteiger partial charge in [0.1, 0.15) is 12.3 Å². The zero-order valence-corrected chi connectivity index (χ0v) is 11.4. The third-order valence-corrected chi connectivity index (χ3v) is 3.12. The van der Waals surface area contributed by atoms with Crippen molar-refractivity contribution in [3.63, 3.8) is 0 Å². The zero-order chi connectivity index (χ0) is 13.5. The van der Waals surface area contributed by atoms with Crippen LogP contribution < -0.4 is 9.64 Å². The monoisotopic (exact) mass is 263 g/mol. The van der Waals surface area contributed by atoms with E-state index in [1.54, 1.807) is 0 Å². The molecule has 0 aromatic heterocycles. The van der Waals surface area contributed by atoms with Crippen LogP contribution in [-0.2, 0) is 9.53 Å². The van der Waals surface area contributed by atoms with Gasteiger partial charge in [-0.1, -0.05) is 25.5 Å². The van der Waals surface area contributed by atoms with Gasteiger partial charge in [-0.25, -0.2) is 0 Å². The standard InChI is InChI=1S/C15H21NO3/c1-2-3-10-19-15(17)12-16-9-6-11-18-14-8-5-4-7-13(14)16/h4-5,7-8H,2-3,6,9-12H2,1H3. The first-order chi connectivity index (χ1) is 9.31. The van der Waals surface area contributed by atoms with Gasteiger partial charge >= 0.3 is 5.97 Å². The fourth-order valence-electron chi connectivity index (χ4n) is 2.09. The van der Waals surface area contributed by atoms with Gasteiger partial charge in [0.15, 0.2) is 0 Å². The predicted molar refractivity (Wildman–Crippen MR) is 74.6 cm³/mol. The van der Waals surface area contributed by atoms with Gasteiger partial charge in [-0.3, -0.25) is 4.79 Å². The summed E-state index contributed by atoms with van der Waals surface area (Å²) in [7, 11) is 0. The first-order valence-corrected chi connectivity index (χ1v) is 6.93. The van der Waals surface area contributed by atoms with Crippen LogP contribution in [-0.4, -0.2) is 32.3 Å². The molecule has 1 heterocycles. The number of nitrogens with zero attached hydrogens (tertiary/aromatic N) is 1. The Bertz CT molecular complexity index is 420. The van der Waals surface area contributed by atoms with E-state index < -0.39 is 0 Å². The highest BCUT2D eigenvalue weighted by Gasteiger charge is 2.18. The Kier molecular flexibility index (Phi) is 5.07. The van der Waals surface area contributed by atoms with E-state index in [0.717, 1.165) is 37.2 Å². The molecule has 1 aromatic rings. The molecular weight excluding hydrogens is 242 g/mol. The summed E-state index contributed by atoms with van der Waals surface area (Å²) in [6, 6.07) is 7.83. The smallest absolute Gasteiger partial charge is 0.325 e. The molecule has 1 aliphatic heterocycles. The Balaban J connectivity index is 1.98. The quantitative estimate of drug-likeness (QED) is 0.604. The summed E-state index contributed by atoms with van der Waals surface area (Å²) in [6.45, 7) is 4.40. The number of ether oxygens (including phenoxy) is 2. The molecule has 0 saturated heterocycles. The van der Waals surface area contributed by atoms with E-state index in [9.17, 15) is 4.79 Å². The number of carbonyl (C=O) groups is 1. The van der Waals surface area contributed by atoms with Gasteiger partial charge in [-0.05, 0) is 25.0 Å². The minimum Gasteiger partial charge on any atom is -0.491 e. The molecule has 0 bridgehead atoms. The molecular formula is C15H21NO3. The van der Waals surface area contributed by atoms with E-state index >= 15 is 0 Å². The van der Waals surface area contributed by atoms with E-state index in [2.05, 4.69) is 6.92 Å². The number of unbranched alkanes of at least 4 members (excludes halogenated alkanes) is 1. The molecule has 0 aliphatic carbocycles. The van der Waals surface area contributed by atoms with Crippen molar-refractivity contribution in [2.24, 2.45) is 0 Å². The maximum absolute atomic E-state index is 11.8. The molecule has 0 radical (unpaired) electrons. The zero-order valence-electron chi connectivity index (χ0n) is 11.4.